The first-order valence-electron chi connectivity index (χ1n) is 17.6. The Bertz CT molecular complexity index is 1030. The Labute approximate surface area is 262 Å². The standard InChI is InChI=1S/C33H55F2N7O2/c1-4-8-26-30-21(12-14-37-26)10-7-13-36-18-22-9-6-11-24(34)28(22)29-25(35)17-23-31(39-33(44)42(30)32(23)38-29)41-16-15-40(19-20(41)3)27(43)5-2/h5,20-26,28-32,36-38H,2,4,6-19H2,1,3H3,(H,39,44)/t20-,21?,22?,23?,24?,25?,26?,28?,29?,30?,31?,32?/m0/s1. The van der Waals surface area contributed by atoms with Crippen LogP contribution in [0.25, 0.3) is 0 Å². The molecule has 12 atom stereocenters. The summed E-state index contributed by atoms with van der Waals surface area (Å²) in [7, 11) is 0. The number of carbonyl (C=O) groups is 2. The fourth-order valence-corrected chi connectivity index (χ4v) is 9.88. The van der Waals surface area contributed by atoms with Gasteiger partial charge in [-0.25, -0.2) is 13.6 Å². The van der Waals surface area contributed by atoms with Gasteiger partial charge in [-0.15, -0.1) is 0 Å². The van der Waals surface area contributed by atoms with Crippen molar-refractivity contribution in [3.8, 4) is 0 Å². The number of carbonyl (C=O) groups excluding carboxylic acids is 2. The van der Waals surface area contributed by atoms with Gasteiger partial charge in [-0.2, -0.15) is 0 Å². The summed E-state index contributed by atoms with van der Waals surface area (Å²) >= 11 is 0. The van der Waals surface area contributed by atoms with Gasteiger partial charge < -0.3 is 25.8 Å². The minimum atomic E-state index is -1.21. The number of nitrogens with one attached hydrogen (secondary N) is 4. The minimum absolute atomic E-state index is 0.0176. The fraction of sp³-hybridized carbons (Fsp3) is 0.879. The van der Waals surface area contributed by atoms with Gasteiger partial charge in [-0.05, 0) is 89.4 Å². The third-order valence-electron chi connectivity index (χ3n) is 11.9. The zero-order valence-electron chi connectivity index (χ0n) is 26.7. The molecule has 2 bridgehead atoms. The summed E-state index contributed by atoms with van der Waals surface area (Å²) in [5, 5.41) is 14.5. The number of nitrogens with zero attached hydrogens (tertiary/aromatic N) is 3. The SMILES string of the molecule is C=CC(=O)N1CCN(C2NC(=O)N3C4NC(C(F)CC42)C2C(F)CCCC2CNCCCC2CCNC(CCC)C23)[C@@H](C)C1. The second-order valence-electron chi connectivity index (χ2n) is 14.4. The van der Waals surface area contributed by atoms with Crippen LogP contribution in [0.5, 0.6) is 0 Å². The number of rotatable bonds is 4. The van der Waals surface area contributed by atoms with Gasteiger partial charge in [0.2, 0.25) is 5.91 Å². The summed E-state index contributed by atoms with van der Waals surface area (Å²) in [6.45, 7) is 12.1. The maximum Gasteiger partial charge on any atom is 0.320 e. The second-order valence-corrected chi connectivity index (χ2v) is 14.4. The van der Waals surface area contributed by atoms with Crippen molar-refractivity contribution in [2.24, 2.45) is 23.7 Å². The topological polar surface area (TPSA) is 92.0 Å². The molecule has 0 aromatic heterocycles. The highest BCUT2D eigenvalue weighted by atomic mass is 19.1. The van der Waals surface area contributed by atoms with Gasteiger partial charge in [0, 0.05) is 49.6 Å². The van der Waals surface area contributed by atoms with Gasteiger partial charge in [-0.3, -0.25) is 15.0 Å². The Morgan fingerprint density at radius 1 is 1.05 bits per heavy atom. The van der Waals surface area contributed by atoms with Crippen molar-refractivity contribution >= 4 is 11.9 Å². The molecule has 5 aliphatic heterocycles. The van der Waals surface area contributed by atoms with Crippen molar-refractivity contribution in [3.63, 3.8) is 0 Å². The summed E-state index contributed by atoms with van der Waals surface area (Å²) in [5.74, 6) is -0.314. The molecule has 6 aliphatic rings. The van der Waals surface area contributed by atoms with Crippen molar-refractivity contribution in [3.05, 3.63) is 12.7 Å². The van der Waals surface area contributed by atoms with Gasteiger partial charge in [0.1, 0.15) is 12.3 Å². The predicted octanol–water partition coefficient (Wildman–Crippen LogP) is 2.98. The number of hydrogen-bond acceptors (Lipinski definition) is 6. The van der Waals surface area contributed by atoms with E-state index in [1.54, 1.807) is 4.90 Å². The van der Waals surface area contributed by atoms with E-state index in [9.17, 15) is 9.59 Å². The number of amides is 3. The van der Waals surface area contributed by atoms with Crippen LogP contribution >= 0.6 is 0 Å². The van der Waals surface area contributed by atoms with Crippen molar-refractivity contribution in [1.82, 2.24) is 36.0 Å². The van der Waals surface area contributed by atoms with Gasteiger partial charge in [0.15, 0.2) is 0 Å². The first-order valence-corrected chi connectivity index (χ1v) is 17.6. The molecule has 1 aliphatic carbocycles. The molecule has 6 rings (SSSR count). The summed E-state index contributed by atoms with van der Waals surface area (Å²) in [6, 6.07) is -0.624. The first-order chi connectivity index (χ1) is 21.3. The molecule has 5 saturated heterocycles. The molecule has 0 aromatic carbocycles. The van der Waals surface area contributed by atoms with Crippen LogP contribution in [-0.4, -0.2) is 115 Å². The van der Waals surface area contributed by atoms with Crippen LogP contribution in [0.1, 0.15) is 71.6 Å². The molecule has 6 fully saturated rings. The van der Waals surface area contributed by atoms with E-state index in [4.69, 9.17) is 0 Å². The molecule has 0 aromatic rings. The third kappa shape index (κ3) is 6.15. The average Bonchev–Trinajstić information content (AvgIpc) is 3.02. The average molecular weight is 620 g/mol. The maximum atomic E-state index is 16.6. The third-order valence-corrected chi connectivity index (χ3v) is 11.9. The van der Waals surface area contributed by atoms with E-state index in [1.165, 1.54) is 6.08 Å². The Morgan fingerprint density at radius 2 is 1.86 bits per heavy atom. The lowest BCUT2D eigenvalue weighted by Gasteiger charge is -2.60. The van der Waals surface area contributed by atoms with Crippen LogP contribution in [0.2, 0.25) is 0 Å². The van der Waals surface area contributed by atoms with Gasteiger partial charge >= 0.3 is 6.03 Å². The molecule has 3 amide bonds. The second kappa shape index (κ2) is 13.9. The predicted molar refractivity (Wildman–Crippen MR) is 167 cm³/mol. The van der Waals surface area contributed by atoms with E-state index >= 15 is 8.78 Å². The highest BCUT2D eigenvalue weighted by Crippen LogP contribution is 2.43. The van der Waals surface area contributed by atoms with Crippen LogP contribution in [-0.2, 0) is 4.79 Å². The Hall–Kier alpha value is -1.82. The van der Waals surface area contributed by atoms with Crippen LogP contribution in [0.3, 0.4) is 0 Å². The molecular weight excluding hydrogens is 564 g/mol. The quantitative estimate of drug-likeness (QED) is 0.362. The van der Waals surface area contributed by atoms with Gasteiger partial charge in [-0.1, -0.05) is 26.3 Å². The van der Waals surface area contributed by atoms with Crippen molar-refractivity contribution < 1.29 is 18.4 Å². The first kappa shape index (κ1) is 32.1. The van der Waals surface area contributed by atoms with Crippen LogP contribution < -0.4 is 21.3 Å². The lowest BCUT2D eigenvalue weighted by molar-refractivity contribution is -0.132. The lowest BCUT2D eigenvalue weighted by atomic mass is 9.69. The monoisotopic (exact) mass is 619 g/mol. The number of hydrogen-bond donors (Lipinski definition) is 4. The molecule has 0 spiro atoms. The number of fused-ring (bicyclic) bond motifs is 5. The minimum Gasteiger partial charge on any atom is -0.336 e. The molecule has 9 nitrogen and oxygen atoms in total. The van der Waals surface area contributed by atoms with E-state index in [0.717, 1.165) is 64.6 Å². The fourth-order valence-electron chi connectivity index (χ4n) is 9.88. The largest absolute Gasteiger partial charge is 0.336 e. The van der Waals surface area contributed by atoms with E-state index in [2.05, 4.69) is 51.5 Å². The van der Waals surface area contributed by atoms with Crippen LogP contribution in [0.15, 0.2) is 12.7 Å². The Kier molecular flexibility index (Phi) is 10.1. The Balaban J connectivity index is 1.37. The van der Waals surface area contributed by atoms with Crippen LogP contribution in [0, 0.1) is 23.7 Å². The normalized spacial score (nSPS) is 43.8. The number of alkyl halides is 2. The molecule has 11 heteroatoms. The summed E-state index contributed by atoms with van der Waals surface area (Å²) in [5.41, 5.74) is 0. The maximum absolute atomic E-state index is 16.6. The van der Waals surface area contributed by atoms with Gasteiger partial charge in [0.25, 0.3) is 0 Å². The number of piperidine rings is 2. The van der Waals surface area contributed by atoms with E-state index in [1.807, 2.05) is 0 Å². The Morgan fingerprint density at radius 3 is 2.64 bits per heavy atom. The van der Waals surface area contributed by atoms with E-state index < -0.39 is 24.3 Å². The summed E-state index contributed by atoms with van der Waals surface area (Å²) < 4.78 is 32.5. The number of urea groups is 1. The molecule has 44 heavy (non-hydrogen) atoms. The van der Waals surface area contributed by atoms with E-state index in [0.29, 0.717) is 32.0 Å². The highest BCUT2D eigenvalue weighted by molar-refractivity contribution is 5.87. The zero-order valence-corrected chi connectivity index (χ0v) is 26.7. The lowest BCUT2D eigenvalue weighted by Crippen LogP contribution is -2.79. The highest BCUT2D eigenvalue weighted by Gasteiger charge is 2.57. The summed E-state index contributed by atoms with van der Waals surface area (Å²) in [6.07, 6.45) is 5.83. The van der Waals surface area contributed by atoms with E-state index in [-0.39, 0.29) is 60.7 Å². The van der Waals surface area contributed by atoms with Gasteiger partial charge in [0.05, 0.1) is 18.4 Å². The smallest absolute Gasteiger partial charge is 0.320 e. The number of piperazine rings is 1. The van der Waals surface area contributed by atoms with Crippen molar-refractivity contribution in [2.75, 3.05) is 39.3 Å². The number of halogens is 2. The zero-order chi connectivity index (χ0) is 31.0. The van der Waals surface area contributed by atoms with Crippen molar-refractivity contribution in [2.45, 2.75) is 120 Å². The molecule has 11 unspecified atom stereocenters. The van der Waals surface area contributed by atoms with Crippen LogP contribution in [0.4, 0.5) is 13.6 Å². The molecule has 1 saturated carbocycles. The molecule has 4 N–H and O–H groups in total. The van der Waals surface area contributed by atoms with Crippen molar-refractivity contribution in [1.29, 1.82) is 0 Å². The molecule has 5 heterocycles. The molecule has 0 radical (unpaired) electrons. The molecule has 248 valence electrons. The molecular formula is C33H55F2N7O2. The summed E-state index contributed by atoms with van der Waals surface area (Å²) in [4.78, 5) is 33.0.